The van der Waals surface area contributed by atoms with Gasteiger partial charge in [0.1, 0.15) is 0 Å². The first-order valence-corrected chi connectivity index (χ1v) is 8.90. The number of nitrogens with one attached hydrogen (secondary N) is 1. The summed E-state index contributed by atoms with van der Waals surface area (Å²) in [6.07, 6.45) is 6.70. The Hall–Kier alpha value is -2.53. The number of carbonyl (C=O) groups excluding carboxylic acids is 1. The van der Waals surface area contributed by atoms with Crippen LogP contribution in [0.15, 0.2) is 54.2 Å². The summed E-state index contributed by atoms with van der Waals surface area (Å²) in [6, 6.07) is 11.9. The van der Waals surface area contributed by atoms with Gasteiger partial charge in [-0.3, -0.25) is 15.1 Å². The molecular formula is C19H19N3OS. The fourth-order valence-electron chi connectivity index (χ4n) is 2.35. The van der Waals surface area contributed by atoms with Gasteiger partial charge in [0.2, 0.25) is 0 Å². The Morgan fingerprint density at radius 1 is 1.21 bits per heavy atom. The number of amides is 1. The number of anilines is 1. The van der Waals surface area contributed by atoms with Gasteiger partial charge in [0.25, 0.3) is 5.91 Å². The van der Waals surface area contributed by atoms with E-state index < -0.39 is 0 Å². The average Bonchev–Trinajstić information content (AvgIpc) is 3.09. The van der Waals surface area contributed by atoms with Crippen LogP contribution in [-0.4, -0.2) is 15.9 Å². The van der Waals surface area contributed by atoms with Gasteiger partial charge in [-0.1, -0.05) is 37.6 Å². The number of hydrogen-bond donors (Lipinski definition) is 1. The maximum atomic E-state index is 12.1. The van der Waals surface area contributed by atoms with Crippen LogP contribution in [0.2, 0.25) is 0 Å². The summed E-state index contributed by atoms with van der Waals surface area (Å²) < 4.78 is 0. The normalized spacial score (nSPS) is 10.5. The van der Waals surface area contributed by atoms with Crippen molar-refractivity contribution in [3.63, 3.8) is 0 Å². The van der Waals surface area contributed by atoms with E-state index in [1.165, 1.54) is 29.7 Å². The van der Waals surface area contributed by atoms with Crippen LogP contribution in [0.4, 0.5) is 5.13 Å². The van der Waals surface area contributed by atoms with Crippen molar-refractivity contribution < 1.29 is 4.79 Å². The lowest BCUT2D eigenvalue weighted by Crippen LogP contribution is -2.11. The van der Waals surface area contributed by atoms with E-state index in [-0.39, 0.29) is 5.91 Å². The molecular weight excluding hydrogens is 318 g/mol. The zero-order valence-electron chi connectivity index (χ0n) is 13.5. The molecule has 0 aliphatic heterocycles. The molecule has 122 valence electrons. The Labute approximate surface area is 145 Å². The minimum atomic E-state index is -0.195. The van der Waals surface area contributed by atoms with Gasteiger partial charge in [-0.2, -0.15) is 0 Å². The molecule has 0 fully saturated rings. The van der Waals surface area contributed by atoms with E-state index in [4.69, 9.17) is 0 Å². The number of carbonyl (C=O) groups is 1. The molecule has 5 heteroatoms. The van der Waals surface area contributed by atoms with Crippen LogP contribution < -0.4 is 5.32 Å². The SMILES string of the molecule is CCCCc1ccc(-c2csc(NC(=O)c3cccnc3)n2)cc1. The summed E-state index contributed by atoms with van der Waals surface area (Å²) in [6.45, 7) is 2.20. The molecule has 3 aromatic rings. The summed E-state index contributed by atoms with van der Waals surface area (Å²) in [5.41, 5.74) is 3.81. The highest BCUT2D eigenvalue weighted by Crippen LogP contribution is 2.25. The Bertz CT molecular complexity index is 797. The zero-order valence-corrected chi connectivity index (χ0v) is 14.3. The molecule has 0 unspecified atom stereocenters. The van der Waals surface area contributed by atoms with Crippen molar-refractivity contribution in [3.8, 4) is 11.3 Å². The smallest absolute Gasteiger partial charge is 0.259 e. The molecule has 0 aliphatic carbocycles. The molecule has 3 rings (SSSR count). The molecule has 0 spiro atoms. The van der Waals surface area contributed by atoms with Crippen molar-refractivity contribution in [3.05, 3.63) is 65.3 Å². The lowest BCUT2D eigenvalue weighted by molar-refractivity contribution is 0.102. The first kappa shape index (κ1) is 16.3. The van der Waals surface area contributed by atoms with Gasteiger partial charge >= 0.3 is 0 Å². The van der Waals surface area contributed by atoms with Gasteiger partial charge in [-0.05, 0) is 30.5 Å². The number of aromatic nitrogens is 2. The third-order valence-electron chi connectivity index (χ3n) is 3.72. The molecule has 2 aromatic heterocycles. The first-order chi connectivity index (χ1) is 11.8. The summed E-state index contributed by atoms with van der Waals surface area (Å²) in [7, 11) is 0. The van der Waals surface area contributed by atoms with Crippen LogP contribution in [0.3, 0.4) is 0 Å². The van der Waals surface area contributed by atoms with Crippen LogP contribution in [0.25, 0.3) is 11.3 Å². The monoisotopic (exact) mass is 337 g/mol. The first-order valence-electron chi connectivity index (χ1n) is 8.02. The molecule has 24 heavy (non-hydrogen) atoms. The highest BCUT2D eigenvalue weighted by Gasteiger charge is 2.10. The standard InChI is InChI=1S/C19H19N3OS/c1-2-3-5-14-7-9-15(10-8-14)17-13-24-19(21-17)22-18(23)16-6-4-11-20-12-16/h4,6-13H,2-3,5H2,1H3,(H,21,22,23). The maximum absolute atomic E-state index is 12.1. The highest BCUT2D eigenvalue weighted by atomic mass is 32.1. The molecule has 0 radical (unpaired) electrons. The third-order valence-corrected chi connectivity index (χ3v) is 4.47. The van der Waals surface area contributed by atoms with Crippen LogP contribution in [0.5, 0.6) is 0 Å². The quantitative estimate of drug-likeness (QED) is 0.703. The molecule has 4 nitrogen and oxygen atoms in total. The van der Waals surface area contributed by atoms with E-state index in [9.17, 15) is 4.79 Å². The van der Waals surface area contributed by atoms with Gasteiger partial charge in [-0.25, -0.2) is 4.98 Å². The van der Waals surface area contributed by atoms with Crippen LogP contribution in [-0.2, 0) is 6.42 Å². The molecule has 0 aliphatic rings. The van der Waals surface area contributed by atoms with Gasteiger partial charge in [0, 0.05) is 23.3 Å². The summed E-state index contributed by atoms with van der Waals surface area (Å²) >= 11 is 1.42. The lowest BCUT2D eigenvalue weighted by Gasteiger charge is -2.02. The van der Waals surface area contributed by atoms with Gasteiger partial charge < -0.3 is 0 Å². The zero-order chi connectivity index (χ0) is 16.8. The van der Waals surface area contributed by atoms with Crippen molar-refractivity contribution in [2.24, 2.45) is 0 Å². The van der Waals surface area contributed by atoms with Crippen LogP contribution in [0, 0.1) is 0 Å². The van der Waals surface area contributed by atoms with Crippen molar-refractivity contribution >= 4 is 22.4 Å². The predicted molar refractivity (Wildman–Crippen MR) is 98.4 cm³/mol. The fourth-order valence-corrected chi connectivity index (χ4v) is 3.07. The number of nitrogens with zero attached hydrogens (tertiary/aromatic N) is 2. The number of unbranched alkanes of at least 4 members (excludes halogenated alkanes) is 1. The predicted octanol–water partition coefficient (Wildman–Crippen LogP) is 4.80. The Kier molecular flexibility index (Phi) is 5.33. The maximum Gasteiger partial charge on any atom is 0.259 e. The molecule has 2 heterocycles. The molecule has 0 saturated carbocycles. The van der Waals surface area contributed by atoms with E-state index in [0.29, 0.717) is 10.7 Å². The van der Waals surface area contributed by atoms with Gasteiger partial charge in [-0.15, -0.1) is 11.3 Å². The average molecular weight is 337 g/mol. The number of pyridine rings is 1. The Morgan fingerprint density at radius 2 is 2.04 bits per heavy atom. The van der Waals surface area contributed by atoms with E-state index >= 15 is 0 Å². The van der Waals surface area contributed by atoms with E-state index in [1.807, 2.05) is 5.38 Å². The number of aryl methyl sites for hydroxylation is 1. The number of rotatable bonds is 6. The minimum Gasteiger partial charge on any atom is -0.298 e. The fraction of sp³-hybridized carbons (Fsp3) is 0.211. The van der Waals surface area contributed by atoms with Crippen molar-refractivity contribution in [1.29, 1.82) is 0 Å². The topological polar surface area (TPSA) is 54.9 Å². The molecule has 1 amide bonds. The minimum absolute atomic E-state index is 0.195. The van der Waals surface area contributed by atoms with Crippen molar-refractivity contribution in [2.75, 3.05) is 5.32 Å². The molecule has 0 atom stereocenters. The second-order valence-electron chi connectivity index (χ2n) is 5.53. The Balaban J connectivity index is 1.68. The summed E-state index contributed by atoms with van der Waals surface area (Å²) in [4.78, 5) is 20.6. The van der Waals surface area contributed by atoms with Crippen LogP contribution >= 0.6 is 11.3 Å². The highest BCUT2D eigenvalue weighted by molar-refractivity contribution is 7.14. The largest absolute Gasteiger partial charge is 0.298 e. The van der Waals surface area contributed by atoms with Crippen LogP contribution in [0.1, 0.15) is 35.7 Å². The molecule has 1 N–H and O–H groups in total. The molecule has 0 saturated heterocycles. The number of benzene rings is 1. The third kappa shape index (κ3) is 4.06. The van der Waals surface area contributed by atoms with E-state index in [0.717, 1.165) is 17.7 Å². The second-order valence-corrected chi connectivity index (χ2v) is 6.39. The molecule has 1 aromatic carbocycles. The second kappa shape index (κ2) is 7.84. The number of hydrogen-bond acceptors (Lipinski definition) is 4. The van der Waals surface area contributed by atoms with E-state index in [2.05, 4.69) is 46.5 Å². The van der Waals surface area contributed by atoms with Gasteiger partial charge in [0.15, 0.2) is 5.13 Å². The van der Waals surface area contributed by atoms with E-state index in [1.54, 1.807) is 24.5 Å². The Morgan fingerprint density at radius 3 is 2.75 bits per heavy atom. The van der Waals surface area contributed by atoms with Gasteiger partial charge in [0.05, 0.1) is 11.3 Å². The number of thiazole rings is 1. The molecule has 0 bridgehead atoms. The summed E-state index contributed by atoms with van der Waals surface area (Å²) in [5.74, 6) is -0.195. The lowest BCUT2D eigenvalue weighted by atomic mass is 10.1. The van der Waals surface area contributed by atoms with Crippen molar-refractivity contribution in [1.82, 2.24) is 9.97 Å². The van der Waals surface area contributed by atoms with Crippen molar-refractivity contribution in [2.45, 2.75) is 26.2 Å². The summed E-state index contributed by atoms with van der Waals surface area (Å²) in [5, 5.41) is 5.37.